The number of nitro groups is 1. The van der Waals surface area contributed by atoms with Crippen molar-refractivity contribution in [1.82, 2.24) is 9.78 Å². The van der Waals surface area contributed by atoms with Gasteiger partial charge < -0.3 is 9.15 Å². The van der Waals surface area contributed by atoms with Crippen LogP contribution in [0.1, 0.15) is 0 Å². The highest BCUT2D eigenvalue weighted by molar-refractivity contribution is 6.76. The molecule has 0 saturated carbocycles. The molecule has 23 heavy (non-hydrogen) atoms. The second kappa shape index (κ2) is 6.88. The molecule has 124 valence electrons. The van der Waals surface area contributed by atoms with Gasteiger partial charge in [-0.3, -0.25) is 10.1 Å². The Balaban J connectivity index is 2.13. The SMILES string of the molecule is C[Si](C)(C)CCOCn1nc(-c2ccccc2[N+](=O)[O-])oc1=O. The van der Waals surface area contributed by atoms with Crippen molar-refractivity contribution in [2.75, 3.05) is 6.61 Å². The van der Waals surface area contributed by atoms with Crippen LogP contribution in [0.4, 0.5) is 5.69 Å². The van der Waals surface area contributed by atoms with Crippen LogP contribution in [-0.4, -0.2) is 29.4 Å². The average molecular weight is 337 g/mol. The van der Waals surface area contributed by atoms with E-state index in [1.165, 1.54) is 18.2 Å². The Kier molecular flexibility index (Phi) is 5.11. The molecular weight excluding hydrogens is 318 g/mol. The van der Waals surface area contributed by atoms with Crippen molar-refractivity contribution in [2.24, 2.45) is 0 Å². The van der Waals surface area contributed by atoms with Crippen molar-refractivity contribution in [3.05, 3.63) is 44.9 Å². The highest BCUT2D eigenvalue weighted by atomic mass is 28.3. The highest BCUT2D eigenvalue weighted by Gasteiger charge is 2.20. The lowest BCUT2D eigenvalue weighted by molar-refractivity contribution is -0.384. The van der Waals surface area contributed by atoms with Crippen LogP contribution in [0.15, 0.2) is 33.5 Å². The van der Waals surface area contributed by atoms with Crippen LogP contribution in [0.5, 0.6) is 0 Å². The fraction of sp³-hybridized carbons (Fsp3) is 0.429. The summed E-state index contributed by atoms with van der Waals surface area (Å²) >= 11 is 0. The predicted octanol–water partition coefficient (Wildman–Crippen LogP) is 2.72. The molecule has 2 rings (SSSR count). The van der Waals surface area contributed by atoms with Crippen LogP contribution in [0.2, 0.25) is 25.7 Å². The molecule has 0 radical (unpaired) electrons. The summed E-state index contributed by atoms with van der Waals surface area (Å²) in [5.41, 5.74) is -0.00370. The molecule has 0 aliphatic heterocycles. The first kappa shape index (κ1) is 17.1. The summed E-state index contributed by atoms with van der Waals surface area (Å²) < 4.78 is 11.5. The molecule has 9 heteroatoms. The molecule has 0 spiro atoms. The molecule has 0 amide bonds. The molecule has 0 aliphatic rings. The van der Waals surface area contributed by atoms with Gasteiger partial charge in [-0.15, -0.1) is 5.10 Å². The van der Waals surface area contributed by atoms with E-state index < -0.39 is 18.8 Å². The van der Waals surface area contributed by atoms with E-state index in [0.717, 1.165) is 10.7 Å². The molecule has 1 heterocycles. The monoisotopic (exact) mass is 337 g/mol. The van der Waals surface area contributed by atoms with Gasteiger partial charge in [0.05, 0.1) is 4.92 Å². The van der Waals surface area contributed by atoms with E-state index in [1.807, 2.05) is 0 Å². The number of ether oxygens (including phenoxy) is 1. The number of benzene rings is 1. The third kappa shape index (κ3) is 4.60. The van der Waals surface area contributed by atoms with E-state index in [9.17, 15) is 14.9 Å². The van der Waals surface area contributed by atoms with Crippen LogP contribution < -0.4 is 5.76 Å². The molecule has 0 aliphatic carbocycles. The average Bonchev–Trinajstić information content (AvgIpc) is 2.84. The second-order valence-electron chi connectivity index (χ2n) is 6.29. The Hall–Kier alpha value is -2.26. The molecule has 8 nitrogen and oxygen atoms in total. The molecule has 0 unspecified atom stereocenters. The quantitative estimate of drug-likeness (QED) is 0.333. The summed E-state index contributed by atoms with van der Waals surface area (Å²) in [5, 5.41) is 15.0. The van der Waals surface area contributed by atoms with Gasteiger partial charge in [-0.1, -0.05) is 31.8 Å². The van der Waals surface area contributed by atoms with Gasteiger partial charge in [-0.05, 0) is 12.1 Å². The maximum Gasteiger partial charge on any atom is 0.439 e. The molecule has 0 atom stereocenters. The van der Waals surface area contributed by atoms with E-state index in [0.29, 0.717) is 6.61 Å². The zero-order valence-corrected chi connectivity index (χ0v) is 14.3. The molecule has 0 N–H and O–H groups in total. The summed E-state index contributed by atoms with van der Waals surface area (Å²) in [6.45, 7) is 7.19. The molecule has 2 aromatic rings. The number of hydrogen-bond donors (Lipinski definition) is 0. The van der Waals surface area contributed by atoms with Gasteiger partial charge in [-0.25, -0.2) is 4.79 Å². The lowest BCUT2D eigenvalue weighted by Crippen LogP contribution is -2.23. The van der Waals surface area contributed by atoms with Gasteiger partial charge in [0.2, 0.25) is 0 Å². The fourth-order valence-corrected chi connectivity index (χ4v) is 2.60. The third-order valence-corrected chi connectivity index (χ3v) is 4.85. The zero-order valence-electron chi connectivity index (χ0n) is 13.3. The highest BCUT2D eigenvalue weighted by Crippen LogP contribution is 2.27. The van der Waals surface area contributed by atoms with Crippen LogP contribution >= 0.6 is 0 Å². The van der Waals surface area contributed by atoms with Crippen molar-refractivity contribution in [3.63, 3.8) is 0 Å². The largest absolute Gasteiger partial charge is 0.439 e. The lowest BCUT2D eigenvalue weighted by atomic mass is 10.2. The number of hydrogen-bond acceptors (Lipinski definition) is 6. The molecule has 1 aromatic heterocycles. The predicted molar refractivity (Wildman–Crippen MR) is 87.0 cm³/mol. The Morgan fingerprint density at radius 2 is 2.04 bits per heavy atom. The number of para-hydroxylation sites is 1. The van der Waals surface area contributed by atoms with Crippen LogP contribution in [0.25, 0.3) is 11.5 Å². The first-order valence-corrected chi connectivity index (χ1v) is 10.9. The van der Waals surface area contributed by atoms with Gasteiger partial charge in [0.1, 0.15) is 12.3 Å². The Bertz CT molecular complexity index is 747. The minimum atomic E-state index is -1.21. The molecular formula is C14H19N3O5Si. The van der Waals surface area contributed by atoms with Crippen molar-refractivity contribution in [3.8, 4) is 11.5 Å². The second-order valence-corrected chi connectivity index (χ2v) is 11.9. The topological polar surface area (TPSA) is 100 Å². The number of nitro benzene ring substituents is 1. The minimum Gasteiger partial charge on any atom is -0.387 e. The molecule has 0 saturated heterocycles. The van der Waals surface area contributed by atoms with Crippen molar-refractivity contribution in [2.45, 2.75) is 32.4 Å². The Labute approximate surface area is 133 Å². The smallest absolute Gasteiger partial charge is 0.387 e. The summed E-state index contributed by atoms with van der Waals surface area (Å²) in [6.07, 6.45) is 0. The van der Waals surface area contributed by atoms with E-state index in [4.69, 9.17) is 9.15 Å². The van der Waals surface area contributed by atoms with Crippen molar-refractivity contribution >= 4 is 13.8 Å². The Morgan fingerprint density at radius 1 is 1.35 bits per heavy atom. The van der Waals surface area contributed by atoms with Crippen LogP contribution in [0, 0.1) is 10.1 Å². The molecule has 0 bridgehead atoms. The summed E-state index contributed by atoms with van der Waals surface area (Å²) in [6, 6.07) is 6.94. The van der Waals surface area contributed by atoms with Gasteiger partial charge >= 0.3 is 5.76 Å². The van der Waals surface area contributed by atoms with Crippen molar-refractivity contribution < 1.29 is 14.1 Å². The first-order chi connectivity index (χ1) is 10.8. The fourth-order valence-electron chi connectivity index (χ4n) is 1.84. The normalized spacial score (nSPS) is 11.6. The first-order valence-electron chi connectivity index (χ1n) is 7.17. The van der Waals surface area contributed by atoms with E-state index >= 15 is 0 Å². The summed E-state index contributed by atoms with van der Waals surface area (Å²) in [7, 11) is -1.21. The maximum absolute atomic E-state index is 11.8. The Morgan fingerprint density at radius 3 is 2.70 bits per heavy atom. The number of nitrogens with zero attached hydrogens (tertiary/aromatic N) is 3. The summed E-state index contributed by atoms with van der Waals surface area (Å²) in [5.74, 6) is -0.790. The number of rotatable bonds is 7. The summed E-state index contributed by atoms with van der Waals surface area (Å²) in [4.78, 5) is 22.3. The van der Waals surface area contributed by atoms with Crippen LogP contribution in [0.3, 0.4) is 0 Å². The van der Waals surface area contributed by atoms with E-state index in [1.54, 1.807) is 6.07 Å². The zero-order chi connectivity index (χ0) is 17.0. The van der Waals surface area contributed by atoms with Gasteiger partial charge in [0.25, 0.3) is 11.6 Å². The molecule has 0 fully saturated rings. The van der Waals surface area contributed by atoms with Crippen molar-refractivity contribution in [1.29, 1.82) is 0 Å². The lowest BCUT2D eigenvalue weighted by Gasteiger charge is -2.14. The standard InChI is InChI=1S/C14H19N3O5Si/c1-23(2,3)9-8-21-10-16-14(18)22-13(15-16)11-6-4-5-7-12(11)17(19)20/h4-7H,8-10H2,1-3H3. The van der Waals surface area contributed by atoms with Gasteiger partial charge in [-0.2, -0.15) is 4.68 Å². The van der Waals surface area contributed by atoms with E-state index in [-0.39, 0.29) is 23.9 Å². The molecule has 1 aromatic carbocycles. The number of aromatic nitrogens is 2. The maximum atomic E-state index is 11.8. The van der Waals surface area contributed by atoms with E-state index in [2.05, 4.69) is 24.7 Å². The minimum absolute atomic E-state index is 0.0343. The van der Waals surface area contributed by atoms with Gasteiger partial charge in [0, 0.05) is 20.7 Å². The van der Waals surface area contributed by atoms with Gasteiger partial charge in [0.15, 0.2) is 0 Å². The third-order valence-electron chi connectivity index (χ3n) is 3.15. The van der Waals surface area contributed by atoms with Crippen LogP contribution in [-0.2, 0) is 11.5 Å².